The van der Waals surface area contributed by atoms with E-state index < -0.39 is 0 Å². The van der Waals surface area contributed by atoms with Gasteiger partial charge in [-0.3, -0.25) is 9.88 Å². The average molecular weight is 414 g/mol. The molecule has 0 spiro atoms. The lowest BCUT2D eigenvalue weighted by atomic mass is 10.0. The SMILES string of the molecule is CCCCC(NCc1ccc(OC)c(OCCN2CCOCC2)c1)c1cccnc1. The van der Waals surface area contributed by atoms with Gasteiger partial charge in [0.2, 0.25) is 0 Å². The summed E-state index contributed by atoms with van der Waals surface area (Å²) in [4.78, 5) is 6.66. The quantitative estimate of drug-likeness (QED) is 0.571. The third-order valence-electron chi connectivity index (χ3n) is 5.48. The van der Waals surface area contributed by atoms with Gasteiger partial charge in [0.15, 0.2) is 11.5 Å². The summed E-state index contributed by atoms with van der Waals surface area (Å²) in [6.07, 6.45) is 7.25. The zero-order chi connectivity index (χ0) is 21.0. The molecule has 0 bridgehead atoms. The van der Waals surface area contributed by atoms with Crippen LogP contribution in [0.15, 0.2) is 42.7 Å². The second kappa shape index (κ2) is 12.5. The summed E-state index contributed by atoms with van der Waals surface area (Å²) in [6.45, 7) is 8.09. The standard InChI is InChI=1S/C24H35N3O3/c1-3-4-7-22(21-6-5-10-25-19-21)26-18-20-8-9-23(28-2)24(17-20)30-16-13-27-11-14-29-15-12-27/h5-6,8-10,17,19,22,26H,3-4,7,11-16,18H2,1-2H3. The maximum atomic E-state index is 6.08. The number of hydrogen-bond acceptors (Lipinski definition) is 6. The Balaban J connectivity index is 1.58. The van der Waals surface area contributed by atoms with Crippen molar-refractivity contribution < 1.29 is 14.2 Å². The Bertz CT molecular complexity index is 736. The molecule has 6 heteroatoms. The van der Waals surface area contributed by atoms with Crippen LogP contribution in [0.4, 0.5) is 0 Å². The first kappa shape index (κ1) is 22.5. The summed E-state index contributed by atoms with van der Waals surface area (Å²) in [5, 5.41) is 3.70. The maximum Gasteiger partial charge on any atom is 0.161 e. The van der Waals surface area contributed by atoms with Crippen LogP contribution >= 0.6 is 0 Å². The van der Waals surface area contributed by atoms with Crippen LogP contribution in [-0.2, 0) is 11.3 Å². The maximum absolute atomic E-state index is 6.08. The Morgan fingerprint density at radius 3 is 2.80 bits per heavy atom. The highest BCUT2D eigenvalue weighted by Crippen LogP contribution is 2.28. The minimum absolute atomic E-state index is 0.298. The predicted molar refractivity (Wildman–Crippen MR) is 119 cm³/mol. The Kier molecular flexibility index (Phi) is 9.41. The van der Waals surface area contributed by atoms with Gasteiger partial charge in [-0.15, -0.1) is 0 Å². The van der Waals surface area contributed by atoms with Gasteiger partial charge in [-0.2, -0.15) is 0 Å². The highest BCUT2D eigenvalue weighted by Gasteiger charge is 2.13. The van der Waals surface area contributed by atoms with Gasteiger partial charge >= 0.3 is 0 Å². The monoisotopic (exact) mass is 413 g/mol. The number of nitrogens with zero attached hydrogens (tertiary/aromatic N) is 2. The van der Waals surface area contributed by atoms with Gasteiger partial charge in [-0.05, 0) is 35.7 Å². The Morgan fingerprint density at radius 1 is 1.20 bits per heavy atom. The molecule has 0 amide bonds. The molecule has 6 nitrogen and oxygen atoms in total. The third kappa shape index (κ3) is 6.97. The molecule has 164 valence electrons. The van der Waals surface area contributed by atoms with Crippen molar-refractivity contribution in [3.63, 3.8) is 0 Å². The molecule has 1 saturated heterocycles. The smallest absolute Gasteiger partial charge is 0.161 e. The number of methoxy groups -OCH3 is 1. The molecule has 2 heterocycles. The van der Waals surface area contributed by atoms with Crippen molar-refractivity contribution in [2.45, 2.75) is 38.8 Å². The number of pyridine rings is 1. The zero-order valence-electron chi connectivity index (χ0n) is 18.3. The number of benzene rings is 1. The van der Waals surface area contributed by atoms with Crippen LogP contribution in [0, 0.1) is 0 Å². The molecule has 1 atom stereocenters. The van der Waals surface area contributed by atoms with E-state index in [0.717, 1.165) is 57.3 Å². The van der Waals surface area contributed by atoms with Crippen molar-refractivity contribution in [3.05, 3.63) is 53.9 Å². The number of aromatic nitrogens is 1. The number of rotatable bonds is 12. The van der Waals surface area contributed by atoms with Crippen molar-refractivity contribution in [1.29, 1.82) is 0 Å². The van der Waals surface area contributed by atoms with Crippen LogP contribution in [0.5, 0.6) is 11.5 Å². The highest BCUT2D eigenvalue weighted by atomic mass is 16.5. The second-order valence-corrected chi connectivity index (χ2v) is 7.65. The van der Waals surface area contributed by atoms with Crippen LogP contribution in [0.3, 0.4) is 0 Å². The molecule has 0 aliphatic carbocycles. The van der Waals surface area contributed by atoms with E-state index in [0.29, 0.717) is 12.6 Å². The van der Waals surface area contributed by atoms with E-state index in [-0.39, 0.29) is 0 Å². The molecule has 1 aromatic heterocycles. The molecule has 1 N–H and O–H groups in total. The van der Waals surface area contributed by atoms with Gasteiger partial charge in [0.25, 0.3) is 0 Å². The summed E-state index contributed by atoms with van der Waals surface area (Å²) < 4.78 is 17.0. The number of morpholine rings is 1. The summed E-state index contributed by atoms with van der Waals surface area (Å²) >= 11 is 0. The van der Waals surface area contributed by atoms with Crippen molar-refractivity contribution in [3.8, 4) is 11.5 Å². The average Bonchev–Trinajstić information content (AvgIpc) is 2.80. The van der Waals surface area contributed by atoms with Gasteiger partial charge in [-0.1, -0.05) is 31.9 Å². The largest absolute Gasteiger partial charge is 0.493 e. The van der Waals surface area contributed by atoms with Crippen LogP contribution in [0.25, 0.3) is 0 Å². The Labute approximate surface area is 180 Å². The van der Waals surface area contributed by atoms with Crippen LogP contribution in [0.2, 0.25) is 0 Å². The molecule has 0 radical (unpaired) electrons. The summed E-state index contributed by atoms with van der Waals surface area (Å²) in [5.41, 5.74) is 2.42. The van der Waals surface area contributed by atoms with Crippen LogP contribution < -0.4 is 14.8 Å². The number of ether oxygens (including phenoxy) is 3. The summed E-state index contributed by atoms with van der Waals surface area (Å²) in [6, 6.07) is 10.6. The molecular formula is C24H35N3O3. The normalized spacial score (nSPS) is 15.7. The highest BCUT2D eigenvalue weighted by molar-refractivity contribution is 5.43. The first-order valence-electron chi connectivity index (χ1n) is 11.0. The van der Waals surface area contributed by atoms with E-state index in [1.165, 1.54) is 24.0 Å². The van der Waals surface area contributed by atoms with Gasteiger partial charge in [0, 0.05) is 44.6 Å². The molecule has 3 rings (SSSR count). The van der Waals surface area contributed by atoms with E-state index in [2.05, 4.69) is 40.3 Å². The van der Waals surface area contributed by atoms with E-state index in [1.807, 2.05) is 24.5 Å². The van der Waals surface area contributed by atoms with Crippen molar-refractivity contribution in [1.82, 2.24) is 15.2 Å². The molecule has 1 aliphatic heterocycles. The van der Waals surface area contributed by atoms with E-state index in [1.54, 1.807) is 7.11 Å². The number of nitrogens with one attached hydrogen (secondary N) is 1. The Hall–Kier alpha value is -2.15. The topological polar surface area (TPSA) is 55.8 Å². The van der Waals surface area contributed by atoms with E-state index in [4.69, 9.17) is 14.2 Å². The van der Waals surface area contributed by atoms with Gasteiger partial charge in [0.1, 0.15) is 6.61 Å². The fourth-order valence-electron chi connectivity index (χ4n) is 3.67. The minimum atomic E-state index is 0.298. The predicted octanol–water partition coefficient (Wildman–Crippen LogP) is 3.82. The minimum Gasteiger partial charge on any atom is -0.493 e. The molecule has 1 unspecified atom stereocenters. The third-order valence-corrected chi connectivity index (χ3v) is 5.48. The van der Waals surface area contributed by atoms with Gasteiger partial charge in [-0.25, -0.2) is 0 Å². The molecular weight excluding hydrogens is 378 g/mol. The fourth-order valence-corrected chi connectivity index (χ4v) is 3.67. The summed E-state index contributed by atoms with van der Waals surface area (Å²) in [5.74, 6) is 1.58. The fraction of sp³-hybridized carbons (Fsp3) is 0.542. The van der Waals surface area contributed by atoms with Crippen molar-refractivity contribution >= 4 is 0 Å². The molecule has 1 aliphatic rings. The summed E-state index contributed by atoms with van der Waals surface area (Å²) in [7, 11) is 1.69. The lowest BCUT2D eigenvalue weighted by Crippen LogP contribution is -2.38. The second-order valence-electron chi connectivity index (χ2n) is 7.65. The molecule has 2 aromatic rings. The molecule has 1 aromatic carbocycles. The van der Waals surface area contributed by atoms with E-state index >= 15 is 0 Å². The molecule has 1 fully saturated rings. The molecule has 0 saturated carbocycles. The zero-order valence-corrected chi connectivity index (χ0v) is 18.3. The van der Waals surface area contributed by atoms with Crippen molar-refractivity contribution in [2.75, 3.05) is 46.6 Å². The number of unbranched alkanes of at least 4 members (excludes halogenated alkanes) is 1. The lowest BCUT2D eigenvalue weighted by Gasteiger charge is -2.26. The number of hydrogen-bond donors (Lipinski definition) is 1. The van der Waals surface area contributed by atoms with E-state index in [9.17, 15) is 0 Å². The lowest BCUT2D eigenvalue weighted by molar-refractivity contribution is 0.0321. The van der Waals surface area contributed by atoms with Gasteiger partial charge in [0.05, 0.1) is 20.3 Å². The first-order chi connectivity index (χ1) is 14.8. The Morgan fingerprint density at radius 2 is 2.07 bits per heavy atom. The first-order valence-corrected chi connectivity index (χ1v) is 11.0. The van der Waals surface area contributed by atoms with Crippen molar-refractivity contribution in [2.24, 2.45) is 0 Å². The van der Waals surface area contributed by atoms with Crippen LogP contribution in [-0.4, -0.2) is 56.4 Å². The molecule has 30 heavy (non-hydrogen) atoms. The van der Waals surface area contributed by atoms with Crippen LogP contribution in [0.1, 0.15) is 43.4 Å². The van der Waals surface area contributed by atoms with Gasteiger partial charge < -0.3 is 19.5 Å².